The van der Waals surface area contributed by atoms with Crippen molar-refractivity contribution in [2.24, 2.45) is 0 Å². The highest BCUT2D eigenvalue weighted by atomic mass is 32.1. The fourth-order valence-corrected chi connectivity index (χ4v) is 4.28. The number of aryl methyl sites for hydroxylation is 2. The summed E-state index contributed by atoms with van der Waals surface area (Å²) < 4.78 is 0. The molecule has 1 N–H and O–H groups in total. The minimum absolute atomic E-state index is 0.0270. The fourth-order valence-electron chi connectivity index (χ4n) is 3.61. The number of hydrogen-bond donors (Lipinski definition) is 1. The Morgan fingerprint density at radius 2 is 2.00 bits per heavy atom. The molecular formula is C23H22N2O2S. The van der Waals surface area contributed by atoms with E-state index in [4.69, 9.17) is 0 Å². The molecule has 3 aromatic rings. The van der Waals surface area contributed by atoms with Crippen LogP contribution in [0.25, 0.3) is 0 Å². The molecule has 1 aliphatic rings. The molecule has 2 amide bonds. The lowest BCUT2D eigenvalue weighted by Gasteiger charge is -2.29. The van der Waals surface area contributed by atoms with Gasteiger partial charge in [-0.3, -0.25) is 9.59 Å². The Kier molecular flexibility index (Phi) is 5.26. The predicted octanol–water partition coefficient (Wildman–Crippen LogP) is 4.83. The smallest absolute Gasteiger partial charge is 0.268 e. The SMILES string of the molecule is Cc1cccc(CC(=O)Nc2ccc3c(c2)N(C(=O)c2cccs2)CCC3)c1. The molecule has 4 rings (SSSR count). The van der Waals surface area contributed by atoms with Crippen LogP contribution in [0.15, 0.2) is 60.0 Å². The predicted molar refractivity (Wildman–Crippen MR) is 114 cm³/mol. The first-order chi connectivity index (χ1) is 13.6. The van der Waals surface area contributed by atoms with E-state index in [9.17, 15) is 9.59 Å². The Balaban J connectivity index is 1.53. The number of anilines is 2. The number of rotatable bonds is 4. The van der Waals surface area contributed by atoms with Crippen LogP contribution in [0, 0.1) is 6.92 Å². The van der Waals surface area contributed by atoms with Crippen molar-refractivity contribution in [2.75, 3.05) is 16.8 Å². The molecule has 0 fully saturated rings. The monoisotopic (exact) mass is 390 g/mol. The van der Waals surface area contributed by atoms with Gasteiger partial charge in [0.05, 0.1) is 11.3 Å². The fraction of sp³-hybridized carbons (Fsp3) is 0.217. The highest BCUT2D eigenvalue weighted by Crippen LogP contribution is 2.32. The number of fused-ring (bicyclic) bond motifs is 1. The van der Waals surface area contributed by atoms with Crippen molar-refractivity contribution in [3.63, 3.8) is 0 Å². The Hall–Kier alpha value is -2.92. The van der Waals surface area contributed by atoms with Crippen LogP contribution in [-0.2, 0) is 17.6 Å². The van der Waals surface area contributed by atoms with Crippen LogP contribution in [0.1, 0.15) is 32.8 Å². The molecule has 5 heteroatoms. The van der Waals surface area contributed by atoms with Crippen molar-refractivity contribution in [3.05, 3.63) is 81.5 Å². The molecule has 1 aliphatic heterocycles. The molecule has 0 unspecified atom stereocenters. The number of carbonyl (C=O) groups is 2. The van der Waals surface area contributed by atoms with E-state index in [1.807, 2.05) is 71.8 Å². The van der Waals surface area contributed by atoms with Gasteiger partial charge in [-0.2, -0.15) is 0 Å². The van der Waals surface area contributed by atoms with Crippen molar-refractivity contribution < 1.29 is 9.59 Å². The van der Waals surface area contributed by atoms with Gasteiger partial charge in [0.25, 0.3) is 5.91 Å². The zero-order valence-corrected chi connectivity index (χ0v) is 16.6. The van der Waals surface area contributed by atoms with Crippen LogP contribution < -0.4 is 10.2 Å². The second-order valence-corrected chi connectivity index (χ2v) is 8.04. The first kappa shape index (κ1) is 18.4. The van der Waals surface area contributed by atoms with E-state index < -0.39 is 0 Å². The largest absolute Gasteiger partial charge is 0.326 e. The van der Waals surface area contributed by atoms with Crippen LogP contribution >= 0.6 is 11.3 Å². The summed E-state index contributed by atoms with van der Waals surface area (Å²) in [5.74, 6) is -0.0309. The first-order valence-corrected chi connectivity index (χ1v) is 10.3. The minimum Gasteiger partial charge on any atom is -0.326 e. The standard InChI is InChI=1S/C23H22N2O2S/c1-16-5-2-6-17(13-16)14-22(26)24-19-10-9-18-7-3-11-25(20(18)15-19)23(27)21-8-4-12-28-21/h2,4-6,8-10,12-13,15H,3,7,11,14H2,1H3,(H,24,26). The van der Waals surface area contributed by atoms with Crippen molar-refractivity contribution in [3.8, 4) is 0 Å². The molecule has 1 aromatic heterocycles. The average molecular weight is 391 g/mol. The van der Waals surface area contributed by atoms with E-state index in [1.165, 1.54) is 11.3 Å². The lowest BCUT2D eigenvalue weighted by Crippen LogP contribution is -2.35. The Bertz CT molecular complexity index is 1010. The molecule has 0 saturated carbocycles. The molecule has 2 aromatic carbocycles. The summed E-state index contributed by atoms with van der Waals surface area (Å²) in [7, 11) is 0. The molecule has 28 heavy (non-hydrogen) atoms. The number of carbonyl (C=O) groups excluding carboxylic acids is 2. The van der Waals surface area contributed by atoms with Gasteiger partial charge in [0.1, 0.15) is 0 Å². The summed E-state index contributed by atoms with van der Waals surface area (Å²) in [5, 5.41) is 4.90. The van der Waals surface area contributed by atoms with Gasteiger partial charge in [0, 0.05) is 17.9 Å². The number of thiophene rings is 1. The van der Waals surface area contributed by atoms with Crippen LogP contribution in [0.4, 0.5) is 11.4 Å². The van der Waals surface area contributed by atoms with Gasteiger partial charge >= 0.3 is 0 Å². The minimum atomic E-state index is -0.0579. The lowest BCUT2D eigenvalue weighted by molar-refractivity contribution is -0.115. The van der Waals surface area contributed by atoms with Gasteiger partial charge < -0.3 is 10.2 Å². The molecule has 4 nitrogen and oxygen atoms in total. The summed E-state index contributed by atoms with van der Waals surface area (Å²) in [4.78, 5) is 27.9. The summed E-state index contributed by atoms with van der Waals surface area (Å²) in [5.41, 5.74) is 4.90. The number of nitrogens with zero attached hydrogens (tertiary/aromatic N) is 1. The Labute approximate surface area is 168 Å². The maximum Gasteiger partial charge on any atom is 0.268 e. The number of amides is 2. The second-order valence-electron chi connectivity index (χ2n) is 7.10. The second kappa shape index (κ2) is 7.98. The van der Waals surface area contributed by atoms with Crippen molar-refractivity contribution >= 4 is 34.5 Å². The molecule has 0 radical (unpaired) electrons. The van der Waals surface area contributed by atoms with Crippen LogP contribution in [-0.4, -0.2) is 18.4 Å². The van der Waals surface area contributed by atoms with Crippen molar-refractivity contribution in [1.82, 2.24) is 0 Å². The maximum absolute atomic E-state index is 12.9. The normalized spacial score (nSPS) is 13.1. The van der Waals surface area contributed by atoms with Crippen LogP contribution in [0.2, 0.25) is 0 Å². The van der Waals surface area contributed by atoms with Crippen LogP contribution in [0.3, 0.4) is 0 Å². The highest BCUT2D eigenvalue weighted by molar-refractivity contribution is 7.12. The third kappa shape index (κ3) is 3.99. The van der Waals surface area contributed by atoms with Gasteiger partial charge in [-0.25, -0.2) is 0 Å². The first-order valence-electron chi connectivity index (χ1n) is 9.44. The zero-order valence-electron chi connectivity index (χ0n) is 15.8. The van der Waals surface area contributed by atoms with Gasteiger partial charge in [0.15, 0.2) is 0 Å². The Morgan fingerprint density at radius 1 is 1.11 bits per heavy atom. The van der Waals surface area contributed by atoms with Gasteiger partial charge in [-0.1, -0.05) is 42.0 Å². The van der Waals surface area contributed by atoms with E-state index in [0.717, 1.165) is 45.8 Å². The zero-order chi connectivity index (χ0) is 19.5. The third-order valence-corrected chi connectivity index (χ3v) is 5.77. The molecule has 0 bridgehead atoms. The topological polar surface area (TPSA) is 49.4 Å². The summed E-state index contributed by atoms with van der Waals surface area (Å²) in [6.45, 7) is 2.72. The van der Waals surface area contributed by atoms with Gasteiger partial charge in [-0.15, -0.1) is 11.3 Å². The van der Waals surface area contributed by atoms with Crippen molar-refractivity contribution in [1.29, 1.82) is 0 Å². The van der Waals surface area contributed by atoms with Gasteiger partial charge in [-0.05, 0) is 54.5 Å². The van der Waals surface area contributed by atoms with Crippen molar-refractivity contribution in [2.45, 2.75) is 26.2 Å². The number of benzene rings is 2. The third-order valence-electron chi connectivity index (χ3n) is 4.91. The number of hydrogen-bond acceptors (Lipinski definition) is 3. The maximum atomic E-state index is 12.9. The highest BCUT2D eigenvalue weighted by Gasteiger charge is 2.24. The van der Waals surface area contributed by atoms with E-state index in [-0.39, 0.29) is 11.8 Å². The van der Waals surface area contributed by atoms with Gasteiger partial charge in [0.2, 0.25) is 5.91 Å². The average Bonchev–Trinajstić information content (AvgIpc) is 3.21. The Morgan fingerprint density at radius 3 is 2.79 bits per heavy atom. The van der Waals surface area contributed by atoms with E-state index >= 15 is 0 Å². The number of nitrogens with one attached hydrogen (secondary N) is 1. The summed E-state index contributed by atoms with van der Waals surface area (Å²) in [6.07, 6.45) is 2.22. The van der Waals surface area contributed by atoms with E-state index in [1.54, 1.807) is 0 Å². The molecule has 0 saturated heterocycles. The van der Waals surface area contributed by atoms with E-state index in [0.29, 0.717) is 13.0 Å². The molecule has 0 atom stereocenters. The molecular weight excluding hydrogens is 368 g/mol. The summed E-state index contributed by atoms with van der Waals surface area (Å²) in [6, 6.07) is 17.6. The molecule has 0 spiro atoms. The molecule has 142 valence electrons. The molecule has 2 heterocycles. The van der Waals surface area contributed by atoms with E-state index in [2.05, 4.69) is 5.32 Å². The lowest BCUT2D eigenvalue weighted by atomic mass is 10.0. The van der Waals surface area contributed by atoms with Crippen LogP contribution in [0.5, 0.6) is 0 Å². The quantitative estimate of drug-likeness (QED) is 0.694. The molecule has 0 aliphatic carbocycles. The summed E-state index contributed by atoms with van der Waals surface area (Å²) >= 11 is 1.46.